The number of nitrogens with zero attached hydrogens (tertiary/aromatic N) is 5. The van der Waals surface area contributed by atoms with Gasteiger partial charge in [-0.3, -0.25) is 4.68 Å². The fourth-order valence-electron chi connectivity index (χ4n) is 1.34. The van der Waals surface area contributed by atoms with Gasteiger partial charge < -0.3 is 5.73 Å². The first-order valence-corrected chi connectivity index (χ1v) is 4.66. The van der Waals surface area contributed by atoms with E-state index in [4.69, 9.17) is 5.73 Å². The number of anilines is 1. The maximum absolute atomic E-state index is 12.2. The van der Waals surface area contributed by atoms with Gasteiger partial charge in [0.1, 0.15) is 6.54 Å². The molecule has 0 aliphatic rings. The monoisotopic (exact) mass is 246 g/mol. The minimum Gasteiger partial charge on any atom is -0.396 e. The first-order chi connectivity index (χ1) is 7.94. The lowest BCUT2D eigenvalue weighted by atomic mass is 10.4. The van der Waals surface area contributed by atoms with Crippen molar-refractivity contribution in [3.05, 3.63) is 24.3 Å². The van der Waals surface area contributed by atoms with Crippen molar-refractivity contribution in [2.75, 3.05) is 5.73 Å². The Morgan fingerprint density at radius 2 is 2.06 bits per heavy atom. The third kappa shape index (κ3) is 2.95. The lowest BCUT2D eigenvalue weighted by Gasteiger charge is -2.08. The Labute approximate surface area is 93.8 Å². The Morgan fingerprint density at radius 3 is 2.65 bits per heavy atom. The molecule has 0 fully saturated rings. The minimum atomic E-state index is -4.33. The van der Waals surface area contributed by atoms with Gasteiger partial charge in [-0.15, -0.1) is 5.10 Å². The molecule has 2 rings (SSSR count). The Kier molecular flexibility index (Phi) is 2.74. The highest BCUT2D eigenvalue weighted by Crippen LogP contribution is 2.17. The van der Waals surface area contributed by atoms with Crippen molar-refractivity contribution in [1.29, 1.82) is 0 Å². The van der Waals surface area contributed by atoms with Crippen molar-refractivity contribution in [1.82, 2.24) is 24.8 Å². The summed E-state index contributed by atoms with van der Waals surface area (Å²) in [4.78, 5) is 0. The summed E-state index contributed by atoms with van der Waals surface area (Å²) in [5, 5.41) is 10.7. The molecule has 0 spiro atoms. The molecule has 0 radical (unpaired) electrons. The van der Waals surface area contributed by atoms with Crippen molar-refractivity contribution in [2.24, 2.45) is 0 Å². The van der Waals surface area contributed by atoms with Crippen LogP contribution in [0.2, 0.25) is 0 Å². The van der Waals surface area contributed by atoms with Crippen LogP contribution in [0.4, 0.5) is 18.9 Å². The highest BCUT2D eigenvalue weighted by molar-refractivity contribution is 5.30. The van der Waals surface area contributed by atoms with Crippen LogP contribution in [0, 0.1) is 0 Å². The van der Waals surface area contributed by atoms with E-state index in [2.05, 4.69) is 15.4 Å². The predicted octanol–water partition coefficient (Wildman–Crippen LogP) is 0.667. The molecule has 2 N–H and O–H groups in total. The second kappa shape index (κ2) is 4.07. The summed E-state index contributed by atoms with van der Waals surface area (Å²) in [7, 11) is 0. The molecule has 0 saturated heterocycles. The largest absolute Gasteiger partial charge is 0.408 e. The van der Waals surface area contributed by atoms with E-state index in [0.29, 0.717) is 11.4 Å². The number of hydrogen-bond acceptors (Lipinski definition) is 4. The Morgan fingerprint density at radius 1 is 1.29 bits per heavy atom. The van der Waals surface area contributed by atoms with Crippen LogP contribution in [-0.4, -0.2) is 31.0 Å². The summed E-state index contributed by atoms with van der Waals surface area (Å²) >= 11 is 0. The number of halogens is 3. The van der Waals surface area contributed by atoms with Gasteiger partial charge in [-0.05, 0) is 0 Å². The molecule has 0 saturated carbocycles. The Balaban J connectivity index is 2.14. The number of nitrogens with two attached hydrogens (primary N) is 1. The van der Waals surface area contributed by atoms with Crippen LogP contribution in [0.25, 0.3) is 0 Å². The summed E-state index contributed by atoms with van der Waals surface area (Å²) in [6, 6.07) is 0. The van der Waals surface area contributed by atoms with Gasteiger partial charge in [0.25, 0.3) is 0 Å². The van der Waals surface area contributed by atoms with E-state index in [0.717, 1.165) is 4.68 Å². The molecule has 0 unspecified atom stereocenters. The molecule has 0 atom stereocenters. The van der Waals surface area contributed by atoms with Gasteiger partial charge in [-0.2, -0.15) is 18.3 Å². The van der Waals surface area contributed by atoms with E-state index in [9.17, 15) is 13.2 Å². The van der Waals surface area contributed by atoms with E-state index < -0.39 is 12.7 Å². The number of aromatic nitrogens is 5. The number of hydrogen-bond donors (Lipinski definition) is 1. The van der Waals surface area contributed by atoms with Crippen molar-refractivity contribution >= 4 is 5.69 Å². The van der Waals surface area contributed by atoms with E-state index in [1.54, 1.807) is 0 Å². The van der Waals surface area contributed by atoms with Crippen molar-refractivity contribution in [2.45, 2.75) is 19.3 Å². The molecule has 0 aliphatic heterocycles. The minimum absolute atomic E-state index is 0.139. The van der Waals surface area contributed by atoms with Gasteiger partial charge in [-0.25, -0.2) is 4.68 Å². The zero-order chi connectivity index (χ0) is 12.5. The molecule has 9 heteroatoms. The molecule has 0 aromatic carbocycles. The molecule has 0 bridgehead atoms. The number of nitrogen functional groups attached to an aromatic ring is 1. The quantitative estimate of drug-likeness (QED) is 0.863. The van der Waals surface area contributed by atoms with Crippen LogP contribution >= 0.6 is 0 Å². The van der Waals surface area contributed by atoms with Gasteiger partial charge in [0, 0.05) is 6.20 Å². The maximum Gasteiger partial charge on any atom is 0.408 e. The highest BCUT2D eigenvalue weighted by atomic mass is 19.4. The summed E-state index contributed by atoms with van der Waals surface area (Å²) in [6.07, 6.45) is -0.127. The Bertz CT molecular complexity index is 499. The van der Waals surface area contributed by atoms with Crippen LogP contribution in [0.3, 0.4) is 0 Å². The van der Waals surface area contributed by atoms with Gasteiger partial charge in [0.05, 0.1) is 30.3 Å². The molecular formula is C8H9F3N6. The number of rotatable bonds is 3. The van der Waals surface area contributed by atoms with E-state index in [1.807, 2.05) is 0 Å². The summed E-state index contributed by atoms with van der Waals surface area (Å²) < 4.78 is 38.8. The molecule has 0 amide bonds. The predicted molar refractivity (Wildman–Crippen MR) is 51.8 cm³/mol. The topological polar surface area (TPSA) is 74.6 Å². The lowest BCUT2D eigenvalue weighted by molar-refractivity contribution is -0.143. The van der Waals surface area contributed by atoms with Crippen LogP contribution in [0.15, 0.2) is 18.6 Å². The first kappa shape index (κ1) is 11.4. The second-order valence-corrected chi connectivity index (χ2v) is 3.47. The van der Waals surface area contributed by atoms with Gasteiger partial charge in [-0.1, -0.05) is 5.21 Å². The fraction of sp³-hybridized carbons (Fsp3) is 0.375. The Hall–Kier alpha value is -2.06. The molecule has 2 heterocycles. The average Bonchev–Trinajstić information content (AvgIpc) is 2.75. The first-order valence-electron chi connectivity index (χ1n) is 4.66. The van der Waals surface area contributed by atoms with E-state index >= 15 is 0 Å². The molecule has 6 nitrogen and oxygen atoms in total. The smallest absolute Gasteiger partial charge is 0.396 e. The molecule has 2 aromatic heterocycles. The zero-order valence-electron chi connectivity index (χ0n) is 8.59. The standard InChI is InChI=1S/C8H9F3N6/c9-8(10,11)5-17-7(2-13-15-17)4-16-3-6(12)1-14-16/h1-3H,4-5,12H2. The van der Waals surface area contributed by atoms with Gasteiger partial charge in [0.2, 0.25) is 0 Å². The molecular weight excluding hydrogens is 237 g/mol. The fourth-order valence-corrected chi connectivity index (χ4v) is 1.34. The second-order valence-electron chi connectivity index (χ2n) is 3.47. The van der Waals surface area contributed by atoms with E-state index in [-0.39, 0.29) is 6.54 Å². The zero-order valence-corrected chi connectivity index (χ0v) is 8.59. The van der Waals surface area contributed by atoms with Crippen molar-refractivity contribution < 1.29 is 13.2 Å². The molecule has 0 aliphatic carbocycles. The summed E-state index contributed by atoms with van der Waals surface area (Å²) in [5.41, 5.74) is 6.20. The van der Waals surface area contributed by atoms with Gasteiger partial charge >= 0.3 is 6.18 Å². The number of alkyl halides is 3. The average molecular weight is 246 g/mol. The van der Waals surface area contributed by atoms with Crippen LogP contribution in [-0.2, 0) is 13.1 Å². The SMILES string of the molecule is Nc1cnn(Cc2cnnn2CC(F)(F)F)c1. The lowest BCUT2D eigenvalue weighted by Crippen LogP contribution is -2.21. The highest BCUT2D eigenvalue weighted by Gasteiger charge is 2.29. The van der Waals surface area contributed by atoms with Crippen LogP contribution in [0.1, 0.15) is 5.69 Å². The van der Waals surface area contributed by atoms with Gasteiger partial charge in [0.15, 0.2) is 0 Å². The van der Waals surface area contributed by atoms with Crippen molar-refractivity contribution in [3.63, 3.8) is 0 Å². The molecule has 92 valence electrons. The summed E-state index contributed by atoms with van der Waals surface area (Å²) in [6.45, 7) is -1.03. The van der Waals surface area contributed by atoms with Crippen LogP contribution in [0.5, 0.6) is 0 Å². The van der Waals surface area contributed by atoms with E-state index in [1.165, 1.54) is 23.3 Å². The van der Waals surface area contributed by atoms with Crippen LogP contribution < -0.4 is 5.73 Å². The normalized spacial score (nSPS) is 11.9. The molecule has 2 aromatic rings. The third-order valence-electron chi connectivity index (χ3n) is 2.00. The van der Waals surface area contributed by atoms with Crippen molar-refractivity contribution in [3.8, 4) is 0 Å². The maximum atomic E-state index is 12.2. The third-order valence-corrected chi connectivity index (χ3v) is 2.00. The summed E-state index contributed by atoms with van der Waals surface area (Å²) in [5.74, 6) is 0. The molecule has 17 heavy (non-hydrogen) atoms.